The van der Waals surface area contributed by atoms with Crippen LogP contribution >= 0.6 is 6.89 Å². The van der Waals surface area contributed by atoms with Gasteiger partial charge in [0, 0.05) is 10.9 Å². The van der Waals surface area contributed by atoms with Crippen molar-refractivity contribution in [3.05, 3.63) is 113 Å². The van der Waals surface area contributed by atoms with Crippen LogP contribution in [0, 0.1) is 0 Å². The zero-order valence-electron chi connectivity index (χ0n) is 23.1. The van der Waals surface area contributed by atoms with Gasteiger partial charge in [-0.25, -0.2) is 14.4 Å². The lowest BCUT2D eigenvalue weighted by Crippen LogP contribution is -2.30. The lowest BCUT2D eigenvalue weighted by atomic mass is 9.94. The van der Waals surface area contributed by atoms with Crippen LogP contribution in [0.5, 0.6) is 0 Å². The summed E-state index contributed by atoms with van der Waals surface area (Å²) >= 11 is 0. The molecule has 0 fully saturated rings. The van der Waals surface area contributed by atoms with Gasteiger partial charge in [-0.2, -0.15) is 0 Å². The summed E-state index contributed by atoms with van der Waals surface area (Å²) in [5, 5.41) is 1.67. The fourth-order valence-corrected chi connectivity index (χ4v) is 9.97. The number of allylic oxidation sites excluding steroid dienone is 2. The first-order chi connectivity index (χ1) is 19.9. The van der Waals surface area contributed by atoms with Gasteiger partial charge in [0.2, 0.25) is 0 Å². The molecule has 1 aliphatic heterocycles. The predicted molar refractivity (Wildman–Crippen MR) is 157 cm³/mol. The molecule has 4 rings (SSSR count). The minimum absolute atomic E-state index is 0.0421. The molecule has 9 heteroatoms. The Bertz CT molecular complexity index is 1560. The average molecular weight is 573 g/mol. The Morgan fingerprint density at radius 3 is 1.54 bits per heavy atom. The van der Waals surface area contributed by atoms with Gasteiger partial charge in [-0.05, 0) is 23.1 Å². The molecule has 1 heterocycles. The van der Waals surface area contributed by atoms with Gasteiger partial charge >= 0.3 is 23.9 Å². The molecule has 1 aliphatic rings. The first-order valence-electron chi connectivity index (χ1n) is 12.6. The summed E-state index contributed by atoms with van der Waals surface area (Å²) in [6.45, 7) is -3.44. The van der Waals surface area contributed by atoms with Gasteiger partial charge in [0.1, 0.15) is 0 Å². The number of methoxy groups -OCH3 is 4. The van der Waals surface area contributed by atoms with Crippen LogP contribution < -0.4 is 10.6 Å². The molecule has 0 aliphatic carbocycles. The van der Waals surface area contributed by atoms with E-state index >= 15 is 0 Å². The van der Waals surface area contributed by atoms with Crippen LogP contribution in [-0.2, 0) is 38.1 Å². The van der Waals surface area contributed by atoms with Gasteiger partial charge in [0.15, 0.2) is 0 Å². The van der Waals surface area contributed by atoms with Crippen LogP contribution in [0.2, 0.25) is 0 Å². The number of hydrogen-bond donors (Lipinski definition) is 0. The van der Waals surface area contributed by atoms with E-state index < -0.39 is 37.2 Å². The number of carbonyl (C=O) groups is 4. The number of hydrogen-bond acceptors (Lipinski definition) is 8. The molecule has 0 saturated carbocycles. The third-order valence-corrected chi connectivity index (χ3v) is 11.2. The van der Waals surface area contributed by atoms with Gasteiger partial charge in [0.25, 0.3) is 0 Å². The Labute approximate surface area is 238 Å². The van der Waals surface area contributed by atoms with E-state index in [9.17, 15) is 19.2 Å². The first kappa shape index (κ1) is 29.3. The molecule has 8 nitrogen and oxygen atoms in total. The maximum atomic E-state index is 14.0. The predicted octanol–water partition coefficient (Wildman–Crippen LogP) is 3.63. The molecule has 0 spiro atoms. The number of rotatable bonds is 8. The number of benzene rings is 3. The van der Waals surface area contributed by atoms with Crippen molar-refractivity contribution in [2.45, 2.75) is 6.42 Å². The minimum Gasteiger partial charge on any atom is -0.469 e. The highest BCUT2D eigenvalue weighted by molar-refractivity contribution is 7.95. The summed E-state index contributed by atoms with van der Waals surface area (Å²) in [5.74, 6) is -3.06. The monoisotopic (exact) mass is 572 g/mol. The Kier molecular flexibility index (Phi) is 9.05. The van der Waals surface area contributed by atoms with E-state index in [1.165, 1.54) is 28.4 Å². The molecule has 210 valence electrons. The quantitative estimate of drug-likeness (QED) is 0.175. The smallest absolute Gasteiger partial charge is 0.339 e. The second-order valence-electron chi connectivity index (χ2n) is 8.86. The SMILES string of the molecule is COC(=O)C/C(C(=O)OC)=C1/C(c2ccccc2)=C(C(=O)OC)C(C(=O)OC)=P1(c1ccccc1)c1ccccc1. The van der Waals surface area contributed by atoms with E-state index in [-0.39, 0.29) is 22.0 Å². The highest BCUT2D eigenvalue weighted by atomic mass is 31.2. The maximum Gasteiger partial charge on any atom is 0.339 e. The Morgan fingerprint density at radius 1 is 0.610 bits per heavy atom. The highest BCUT2D eigenvalue weighted by Crippen LogP contribution is 2.66. The molecular weight excluding hydrogens is 543 g/mol. The van der Waals surface area contributed by atoms with E-state index in [0.717, 1.165) is 0 Å². The standard InChI is InChI=1S/C32H29O8P/c1-37-25(33)20-24(30(34)38-2)28-26(21-14-8-5-9-15-21)27(31(35)39-3)29(32(36)40-4)41(28,22-16-10-6-11-17-22)23-18-12-7-13-19-23/h5-19H,20H2,1-4H3/b28-24+. The molecule has 0 radical (unpaired) electrons. The summed E-state index contributed by atoms with van der Waals surface area (Å²) in [7, 11) is 4.87. The molecule has 0 N–H and O–H groups in total. The summed E-state index contributed by atoms with van der Waals surface area (Å²) < 4.78 is 20.8. The molecule has 0 atom stereocenters. The molecule has 3 aromatic rings. The van der Waals surface area contributed by atoms with Crippen LogP contribution in [0.15, 0.2) is 107 Å². The Hall–Kier alpha value is -4.68. The van der Waals surface area contributed by atoms with Gasteiger partial charge in [-0.1, -0.05) is 91.0 Å². The van der Waals surface area contributed by atoms with Crippen molar-refractivity contribution < 1.29 is 38.1 Å². The van der Waals surface area contributed by atoms with E-state index in [4.69, 9.17) is 18.9 Å². The number of ether oxygens (including phenoxy) is 4. The molecule has 0 bridgehead atoms. The molecule has 3 aromatic carbocycles. The fraction of sp³-hybridized carbons (Fsp3) is 0.156. The van der Waals surface area contributed by atoms with Crippen molar-refractivity contribution in [2.24, 2.45) is 0 Å². The molecule has 41 heavy (non-hydrogen) atoms. The van der Waals surface area contributed by atoms with Gasteiger partial charge in [0.05, 0.1) is 51.3 Å². The fourth-order valence-electron chi connectivity index (χ4n) is 5.12. The summed E-state index contributed by atoms with van der Waals surface area (Å²) in [6, 6.07) is 27.1. The maximum absolute atomic E-state index is 14.0. The van der Waals surface area contributed by atoms with E-state index in [1.807, 2.05) is 60.7 Å². The molecule has 0 aromatic heterocycles. The van der Waals surface area contributed by atoms with E-state index in [1.54, 1.807) is 30.3 Å². The summed E-state index contributed by atoms with van der Waals surface area (Å²) in [6.07, 6.45) is -0.473. The third-order valence-electron chi connectivity index (χ3n) is 6.78. The molecule has 0 amide bonds. The Balaban J connectivity index is 2.44. The molecule has 0 saturated heterocycles. The Morgan fingerprint density at radius 2 is 1.10 bits per heavy atom. The van der Waals surface area contributed by atoms with Gasteiger partial charge in [-0.3, -0.25) is 4.79 Å². The van der Waals surface area contributed by atoms with Gasteiger partial charge in [-0.15, -0.1) is 0 Å². The number of esters is 4. The highest BCUT2D eigenvalue weighted by Gasteiger charge is 2.49. The summed E-state index contributed by atoms with van der Waals surface area (Å²) in [5.41, 5.74) is 0.722. The van der Waals surface area contributed by atoms with Crippen molar-refractivity contribution in [2.75, 3.05) is 28.4 Å². The van der Waals surface area contributed by atoms with Crippen LogP contribution in [0.25, 0.3) is 5.57 Å². The first-order valence-corrected chi connectivity index (χ1v) is 14.4. The lowest BCUT2D eigenvalue weighted by molar-refractivity contribution is -0.143. The van der Waals surface area contributed by atoms with E-state index in [2.05, 4.69) is 0 Å². The lowest BCUT2D eigenvalue weighted by Gasteiger charge is -2.31. The van der Waals surface area contributed by atoms with Crippen molar-refractivity contribution >= 4 is 52.2 Å². The zero-order chi connectivity index (χ0) is 29.6. The minimum atomic E-state index is -3.44. The van der Waals surface area contributed by atoms with Crippen LogP contribution in [0.3, 0.4) is 0 Å². The van der Waals surface area contributed by atoms with Crippen LogP contribution in [0.1, 0.15) is 12.0 Å². The second-order valence-corrected chi connectivity index (χ2v) is 12.1. The van der Waals surface area contributed by atoms with Crippen LogP contribution in [0.4, 0.5) is 0 Å². The van der Waals surface area contributed by atoms with Crippen molar-refractivity contribution in [3.8, 4) is 0 Å². The van der Waals surface area contributed by atoms with Crippen LogP contribution in [-0.4, -0.2) is 57.6 Å². The summed E-state index contributed by atoms with van der Waals surface area (Å²) in [4.78, 5) is 54.2. The topological polar surface area (TPSA) is 105 Å². The van der Waals surface area contributed by atoms with E-state index in [0.29, 0.717) is 21.5 Å². The van der Waals surface area contributed by atoms with Gasteiger partial charge < -0.3 is 18.9 Å². The average Bonchev–Trinajstić information content (AvgIpc) is 3.36. The zero-order valence-corrected chi connectivity index (χ0v) is 24.0. The second kappa shape index (κ2) is 12.7. The van der Waals surface area contributed by atoms with Crippen molar-refractivity contribution in [3.63, 3.8) is 0 Å². The normalized spacial score (nSPS) is 15.2. The van der Waals surface area contributed by atoms with Crippen molar-refractivity contribution in [1.82, 2.24) is 0 Å². The molecular formula is C32H29O8P. The number of carbonyl (C=O) groups excluding carboxylic acids is 4. The van der Waals surface area contributed by atoms with Crippen molar-refractivity contribution in [1.29, 1.82) is 0 Å². The third kappa shape index (κ3) is 5.14. The molecule has 0 unspecified atom stereocenters. The largest absolute Gasteiger partial charge is 0.469 e.